The molecule has 0 unspecified atom stereocenters. The molecule has 0 aliphatic heterocycles. The maximum Gasteiger partial charge on any atom is 0.321 e. The van der Waals surface area contributed by atoms with Gasteiger partial charge in [0.05, 0.1) is 33.1 Å². The van der Waals surface area contributed by atoms with E-state index in [0.717, 1.165) is 32.8 Å². The van der Waals surface area contributed by atoms with Crippen LogP contribution in [0.3, 0.4) is 0 Å². The summed E-state index contributed by atoms with van der Waals surface area (Å²) < 4.78 is 30.9. The van der Waals surface area contributed by atoms with Gasteiger partial charge in [-0.15, -0.1) is 0 Å². The van der Waals surface area contributed by atoms with Crippen LogP contribution in [0.5, 0.6) is 0 Å². The van der Waals surface area contributed by atoms with E-state index in [4.69, 9.17) is 0 Å². The Morgan fingerprint density at radius 1 is 0.500 bits per heavy atom. The van der Waals surface area contributed by atoms with Crippen molar-refractivity contribution in [1.82, 2.24) is 0 Å². The Balaban J connectivity index is 0. The van der Waals surface area contributed by atoms with Crippen molar-refractivity contribution in [2.45, 2.75) is 226 Å². The lowest BCUT2D eigenvalue weighted by atomic mass is 10.0. The molecule has 300 valence electrons. The van der Waals surface area contributed by atoms with E-state index in [0.29, 0.717) is 19.4 Å². The molecule has 0 heterocycles. The van der Waals surface area contributed by atoms with Gasteiger partial charge >= 0.3 is 11.8 Å². The van der Waals surface area contributed by atoms with Gasteiger partial charge in [0, 0.05) is 0 Å². The van der Waals surface area contributed by atoms with E-state index in [1.54, 1.807) is 0 Å². The summed E-state index contributed by atoms with van der Waals surface area (Å²) in [4.78, 5) is 26.5. The molecular weight excluding hydrogens is 651 g/mol. The maximum absolute atomic E-state index is 13.3. The SMILES string of the molecule is CCCCCCCCCCCCCCCCCC(=O)[N+](CC)(CCO)C(=O)CCCCCCCCCCCCCCCCC.COS(=O)(=O)[O-]. The number of carbonyl (C=O) groups is 2. The van der Waals surface area contributed by atoms with Crippen LogP contribution in [0.15, 0.2) is 0 Å². The van der Waals surface area contributed by atoms with Gasteiger partial charge in [-0.3, -0.25) is 4.18 Å². The molecular formula is C41H83NO7S. The van der Waals surface area contributed by atoms with Crippen molar-refractivity contribution in [2.75, 3.05) is 26.8 Å². The fourth-order valence-electron chi connectivity index (χ4n) is 6.79. The smallest absolute Gasteiger partial charge is 0.321 e. The van der Waals surface area contributed by atoms with Crippen LogP contribution in [-0.2, 0) is 24.2 Å². The molecule has 0 radical (unpaired) electrons. The van der Waals surface area contributed by atoms with Crippen molar-refractivity contribution in [1.29, 1.82) is 0 Å². The number of rotatable bonds is 36. The molecule has 8 nitrogen and oxygen atoms in total. The molecule has 0 aromatic carbocycles. The van der Waals surface area contributed by atoms with Crippen molar-refractivity contribution in [3.05, 3.63) is 0 Å². The number of hydrogen-bond donors (Lipinski definition) is 1. The lowest BCUT2D eigenvalue weighted by Gasteiger charge is -2.32. The van der Waals surface area contributed by atoms with Gasteiger partial charge in [-0.25, -0.2) is 18.0 Å². The van der Waals surface area contributed by atoms with Crippen molar-refractivity contribution in [3.63, 3.8) is 0 Å². The van der Waals surface area contributed by atoms with Crippen LogP contribution in [0.4, 0.5) is 0 Å². The summed E-state index contributed by atoms with van der Waals surface area (Å²) in [7, 11) is -3.60. The lowest BCUT2D eigenvalue weighted by Crippen LogP contribution is -2.58. The standard InChI is InChI=1S/C40H80NO3.CH4O4S/c1-4-7-9-11-13-15-17-19-21-23-25-27-29-31-33-35-39(43)41(6-3,37-38-42)40(44)36-34-32-30-28-26-24-22-20-18-16-14-12-10-8-5-2;1-5-6(2,3)4/h42H,4-38H2,1-3H3;1H3,(H,2,3,4)/q+1;/p-1. The minimum Gasteiger partial charge on any atom is -0.726 e. The lowest BCUT2D eigenvalue weighted by molar-refractivity contribution is -0.778. The number of amides is 2. The van der Waals surface area contributed by atoms with Crippen LogP contribution < -0.4 is 0 Å². The monoisotopic (exact) mass is 734 g/mol. The zero-order valence-corrected chi connectivity index (χ0v) is 34.3. The van der Waals surface area contributed by atoms with E-state index < -0.39 is 10.4 Å². The first kappa shape index (κ1) is 51.2. The number of likely N-dealkylation sites (N-methyl/N-ethyl adjacent to an activating group) is 1. The number of unbranched alkanes of at least 4 members (excludes halogenated alkanes) is 28. The van der Waals surface area contributed by atoms with E-state index in [1.807, 2.05) is 6.92 Å². The van der Waals surface area contributed by atoms with Crippen LogP contribution in [0.25, 0.3) is 0 Å². The summed E-state index contributed by atoms with van der Waals surface area (Å²) in [6.45, 7) is 7.09. The van der Waals surface area contributed by atoms with Crippen molar-refractivity contribution < 1.29 is 36.3 Å². The Morgan fingerprint density at radius 3 is 0.900 bits per heavy atom. The third-order valence-corrected chi connectivity index (χ3v) is 10.6. The third kappa shape index (κ3) is 33.0. The predicted octanol–water partition coefficient (Wildman–Crippen LogP) is 11.5. The van der Waals surface area contributed by atoms with Gasteiger partial charge in [-0.2, -0.15) is 4.48 Å². The zero-order valence-electron chi connectivity index (χ0n) is 33.5. The van der Waals surface area contributed by atoms with Gasteiger partial charge in [0.2, 0.25) is 10.4 Å². The Bertz CT molecular complexity index is 804. The number of nitrogens with zero attached hydrogens (tertiary/aromatic N) is 1. The predicted molar refractivity (Wildman–Crippen MR) is 209 cm³/mol. The van der Waals surface area contributed by atoms with Crippen LogP contribution in [0, 0.1) is 0 Å². The average molecular weight is 734 g/mol. The summed E-state index contributed by atoms with van der Waals surface area (Å²) in [5.41, 5.74) is 0. The fourth-order valence-corrected chi connectivity index (χ4v) is 6.79. The van der Waals surface area contributed by atoms with E-state index >= 15 is 0 Å². The van der Waals surface area contributed by atoms with Crippen LogP contribution in [-0.4, -0.2) is 61.2 Å². The summed E-state index contributed by atoms with van der Waals surface area (Å²) in [5, 5.41) is 9.72. The second kappa shape index (κ2) is 37.9. The van der Waals surface area contributed by atoms with Gasteiger partial charge in [-0.05, 0) is 19.8 Å². The molecule has 0 aliphatic carbocycles. The summed E-state index contributed by atoms with van der Waals surface area (Å²) in [6, 6.07) is 0. The molecule has 2 amide bonds. The van der Waals surface area contributed by atoms with E-state index in [1.165, 1.54) is 167 Å². The van der Waals surface area contributed by atoms with Crippen LogP contribution in [0.2, 0.25) is 0 Å². The molecule has 0 saturated heterocycles. The molecule has 0 aromatic rings. The first-order chi connectivity index (χ1) is 24.1. The third-order valence-electron chi connectivity index (χ3n) is 10.2. The number of carbonyl (C=O) groups excluding carboxylic acids is 2. The van der Waals surface area contributed by atoms with Crippen LogP contribution >= 0.6 is 0 Å². The zero-order chi connectivity index (χ0) is 37.6. The van der Waals surface area contributed by atoms with E-state index in [-0.39, 0.29) is 29.4 Å². The van der Waals surface area contributed by atoms with Gasteiger partial charge in [0.15, 0.2) is 0 Å². The fraction of sp³-hybridized carbons (Fsp3) is 0.951. The topological polar surface area (TPSA) is 121 Å². The van der Waals surface area contributed by atoms with Gasteiger partial charge in [0.1, 0.15) is 6.54 Å². The Morgan fingerprint density at radius 2 is 0.720 bits per heavy atom. The molecule has 9 heteroatoms. The molecule has 0 aromatic heterocycles. The second-order valence-corrected chi connectivity index (χ2v) is 15.6. The Kier molecular flexibility index (Phi) is 38.8. The highest BCUT2D eigenvalue weighted by Gasteiger charge is 2.41. The first-order valence-corrected chi connectivity index (χ1v) is 22.5. The Labute approximate surface area is 310 Å². The molecule has 50 heavy (non-hydrogen) atoms. The van der Waals surface area contributed by atoms with Crippen molar-refractivity contribution in [3.8, 4) is 0 Å². The number of aliphatic hydroxyl groups excluding tert-OH is 1. The summed E-state index contributed by atoms with van der Waals surface area (Å²) >= 11 is 0. The molecule has 0 spiro atoms. The molecule has 0 bridgehead atoms. The molecule has 0 saturated carbocycles. The minimum absolute atomic E-state index is 0.0298. The Hall–Kier alpha value is -0.870. The van der Waals surface area contributed by atoms with Gasteiger partial charge in [0.25, 0.3) is 0 Å². The largest absolute Gasteiger partial charge is 0.726 e. The quantitative estimate of drug-likeness (QED) is 0.0294. The van der Waals surface area contributed by atoms with Gasteiger partial charge in [-0.1, -0.05) is 194 Å². The molecule has 0 atom stereocenters. The van der Waals surface area contributed by atoms with Crippen LogP contribution in [0.1, 0.15) is 226 Å². The molecule has 0 aliphatic rings. The number of imide groups is 1. The molecule has 1 N–H and O–H groups in total. The average Bonchev–Trinajstić information content (AvgIpc) is 3.10. The first-order valence-electron chi connectivity index (χ1n) is 21.2. The number of hydrogen-bond acceptors (Lipinski definition) is 7. The normalized spacial score (nSPS) is 11.8. The highest BCUT2D eigenvalue weighted by molar-refractivity contribution is 7.80. The second-order valence-electron chi connectivity index (χ2n) is 14.5. The summed E-state index contributed by atoms with van der Waals surface area (Å²) in [5.74, 6) is 0.0596. The minimum atomic E-state index is -4.41. The summed E-state index contributed by atoms with van der Waals surface area (Å²) in [6.07, 6.45) is 40.1. The van der Waals surface area contributed by atoms with E-state index in [2.05, 4.69) is 18.0 Å². The van der Waals surface area contributed by atoms with Gasteiger partial charge < -0.3 is 9.66 Å². The molecule has 0 rings (SSSR count). The van der Waals surface area contributed by atoms with Crippen molar-refractivity contribution in [2.24, 2.45) is 0 Å². The van der Waals surface area contributed by atoms with Crippen molar-refractivity contribution >= 4 is 22.2 Å². The maximum atomic E-state index is 13.3. The highest BCUT2D eigenvalue weighted by Crippen LogP contribution is 2.20. The highest BCUT2D eigenvalue weighted by atomic mass is 32.3. The number of aliphatic hydroxyl groups is 1. The number of quaternary nitrogens is 1. The van der Waals surface area contributed by atoms with E-state index in [9.17, 15) is 27.7 Å². The molecule has 0 fully saturated rings.